The maximum Gasteiger partial charge on any atom is 0.230 e. The number of aromatic nitrogens is 2. The van der Waals surface area contributed by atoms with E-state index in [1.807, 2.05) is 53.2 Å². The first-order valence-corrected chi connectivity index (χ1v) is 8.33. The van der Waals surface area contributed by atoms with Gasteiger partial charge in [0.15, 0.2) is 0 Å². The fourth-order valence-corrected chi connectivity index (χ4v) is 2.78. The molecule has 4 nitrogen and oxygen atoms in total. The van der Waals surface area contributed by atoms with Crippen molar-refractivity contribution in [3.05, 3.63) is 64.5 Å². The van der Waals surface area contributed by atoms with E-state index in [1.54, 1.807) is 0 Å². The second-order valence-corrected chi connectivity index (χ2v) is 6.76. The van der Waals surface area contributed by atoms with Crippen molar-refractivity contribution in [1.82, 2.24) is 9.38 Å². The Kier molecular flexibility index (Phi) is 4.48. The predicted octanol–water partition coefficient (Wildman–Crippen LogP) is 4.40. The number of hydrogen-bond acceptors (Lipinski definition) is 2. The Morgan fingerprint density at radius 3 is 2.61 bits per heavy atom. The smallest absolute Gasteiger partial charge is 0.230 e. The minimum Gasteiger partial charge on any atom is -0.326 e. The molecule has 0 saturated heterocycles. The van der Waals surface area contributed by atoms with Crippen molar-refractivity contribution in [1.29, 1.82) is 0 Å². The van der Waals surface area contributed by atoms with E-state index in [9.17, 15) is 4.79 Å². The molecule has 23 heavy (non-hydrogen) atoms. The van der Waals surface area contributed by atoms with Crippen LogP contribution >= 0.6 is 15.9 Å². The van der Waals surface area contributed by atoms with Gasteiger partial charge >= 0.3 is 0 Å². The highest BCUT2D eigenvalue weighted by Crippen LogP contribution is 2.17. The highest BCUT2D eigenvalue weighted by molar-refractivity contribution is 9.10. The maximum absolute atomic E-state index is 12.2. The van der Waals surface area contributed by atoms with E-state index < -0.39 is 0 Å². The number of nitrogens with zero attached hydrogens (tertiary/aromatic N) is 2. The van der Waals surface area contributed by atoms with Gasteiger partial charge in [-0.25, -0.2) is 4.98 Å². The van der Waals surface area contributed by atoms with Crippen molar-refractivity contribution >= 4 is 33.2 Å². The quantitative estimate of drug-likeness (QED) is 0.738. The van der Waals surface area contributed by atoms with Crippen LogP contribution in [-0.4, -0.2) is 15.3 Å². The van der Waals surface area contributed by atoms with Crippen LogP contribution in [0.15, 0.2) is 53.3 Å². The number of anilines is 1. The van der Waals surface area contributed by atoms with E-state index in [0.717, 1.165) is 21.5 Å². The van der Waals surface area contributed by atoms with Crippen LogP contribution in [0.4, 0.5) is 5.69 Å². The summed E-state index contributed by atoms with van der Waals surface area (Å²) in [5.41, 5.74) is 3.65. The van der Waals surface area contributed by atoms with E-state index in [0.29, 0.717) is 5.92 Å². The molecule has 5 heteroatoms. The van der Waals surface area contributed by atoms with Gasteiger partial charge in [-0.3, -0.25) is 4.79 Å². The monoisotopic (exact) mass is 371 g/mol. The van der Waals surface area contributed by atoms with Gasteiger partial charge in [0, 0.05) is 22.6 Å². The van der Waals surface area contributed by atoms with Gasteiger partial charge < -0.3 is 9.72 Å². The number of halogens is 1. The summed E-state index contributed by atoms with van der Waals surface area (Å²) in [4.78, 5) is 16.6. The zero-order chi connectivity index (χ0) is 16.4. The van der Waals surface area contributed by atoms with E-state index in [1.165, 1.54) is 5.56 Å². The Balaban J connectivity index is 1.68. The number of rotatable bonds is 4. The van der Waals surface area contributed by atoms with Crippen molar-refractivity contribution in [3.63, 3.8) is 0 Å². The summed E-state index contributed by atoms with van der Waals surface area (Å²) < 4.78 is 2.88. The molecule has 0 aliphatic carbocycles. The lowest BCUT2D eigenvalue weighted by Gasteiger charge is -2.07. The Morgan fingerprint density at radius 1 is 1.17 bits per heavy atom. The summed E-state index contributed by atoms with van der Waals surface area (Å²) in [6.07, 6.45) is 4.06. The highest BCUT2D eigenvalue weighted by atomic mass is 79.9. The molecular weight excluding hydrogens is 354 g/mol. The zero-order valence-electron chi connectivity index (χ0n) is 13.1. The van der Waals surface area contributed by atoms with Gasteiger partial charge in [0.05, 0.1) is 12.1 Å². The first-order chi connectivity index (χ1) is 11.0. The van der Waals surface area contributed by atoms with Gasteiger partial charge in [-0.1, -0.05) is 26.0 Å². The third kappa shape index (κ3) is 3.79. The number of fused-ring (bicyclic) bond motifs is 1. The third-order valence-electron chi connectivity index (χ3n) is 3.67. The van der Waals surface area contributed by atoms with E-state index in [4.69, 9.17) is 0 Å². The van der Waals surface area contributed by atoms with Gasteiger partial charge in [0.25, 0.3) is 0 Å². The number of carbonyl (C=O) groups excluding carboxylic acids is 1. The molecule has 1 N–H and O–H groups in total. The fraction of sp³-hybridized carbons (Fsp3) is 0.222. The third-order valence-corrected chi connectivity index (χ3v) is 4.14. The van der Waals surface area contributed by atoms with Crippen molar-refractivity contribution in [2.45, 2.75) is 26.2 Å². The summed E-state index contributed by atoms with van der Waals surface area (Å²) in [7, 11) is 0. The number of pyridine rings is 1. The van der Waals surface area contributed by atoms with Crippen molar-refractivity contribution < 1.29 is 4.79 Å². The summed E-state index contributed by atoms with van der Waals surface area (Å²) in [5, 5.41) is 2.91. The zero-order valence-corrected chi connectivity index (χ0v) is 14.7. The second kappa shape index (κ2) is 6.54. The van der Waals surface area contributed by atoms with Gasteiger partial charge in [-0.2, -0.15) is 0 Å². The lowest BCUT2D eigenvalue weighted by molar-refractivity contribution is -0.115. The molecule has 0 radical (unpaired) electrons. The van der Waals surface area contributed by atoms with Crippen molar-refractivity contribution in [3.8, 4) is 0 Å². The Hall–Kier alpha value is -2.14. The molecule has 0 atom stereocenters. The second-order valence-electron chi connectivity index (χ2n) is 5.85. The van der Waals surface area contributed by atoms with Crippen LogP contribution in [0, 0.1) is 0 Å². The van der Waals surface area contributed by atoms with Crippen LogP contribution in [0.3, 0.4) is 0 Å². The Labute approximate surface area is 143 Å². The van der Waals surface area contributed by atoms with E-state index in [-0.39, 0.29) is 12.3 Å². The largest absolute Gasteiger partial charge is 0.326 e. The maximum atomic E-state index is 12.2. The molecule has 2 heterocycles. The van der Waals surface area contributed by atoms with Gasteiger partial charge in [0.1, 0.15) is 5.65 Å². The molecule has 1 amide bonds. The molecule has 0 aliphatic rings. The van der Waals surface area contributed by atoms with Crippen LogP contribution < -0.4 is 5.32 Å². The van der Waals surface area contributed by atoms with E-state index >= 15 is 0 Å². The molecule has 3 aromatic rings. The van der Waals surface area contributed by atoms with Crippen LogP contribution in [0.2, 0.25) is 0 Å². The number of nitrogens with one attached hydrogen (secondary N) is 1. The molecule has 0 spiro atoms. The van der Waals surface area contributed by atoms with E-state index in [2.05, 4.69) is 40.1 Å². The number of imidazole rings is 1. The number of carbonyl (C=O) groups is 1. The first-order valence-electron chi connectivity index (χ1n) is 7.54. The molecule has 1 aromatic carbocycles. The molecule has 0 bridgehead atoms. The molecule has 0 fully saturated rings. The SMILES string of the molecule is CC(C)c1ccc(NC(=O)Cc2cn3cc(Br)ccc3n2)cc1. The van der Waals surface area contributed by atoms with Crippen LogP contribution in [0.25, 0.3) is 5.65 Å². The molecule has 3 rings (SSSR count). The van der Waals surface area contributed by atoms with Crippen molar-refractivity contribution in [2.24, 2.45) is 0 Å². The van der Waals surface area contributed by atoms with Crippen LogP contribution in [0.5, 0.6) is 0 Å². The molecular formula is C18H18BrN3O. The molecule has 118 valence electrons. The van der Waals surface area contributed by atoms with Crippen LogP contribution in [0.1, 0.15) is 31.0 Å². The lowest BCUT2D eigenvalue weighted by Crippen LogP contribution is -2.14. The minimum absolute atomic E-state index is 0.0650. The molecule has 0 saturated carbocycles. The standard InChI is InChI=1S/C18H18BrN3O/c1-12(2)13-3-6-15(7-4-13)21-18(23)9-16-11-22-10-14(19)5-8-17(22)20-16/h3-8,10-12H,9H2,1-2H3,(H,21,23). The topological polar surface area (TPSA) is 46.4 Å². The number of benzene rings is 1. The summed E-state index contributed by atoms with van der Waals surface area (Å²) in [6.45, 7) is 4.30. The predicted molar refractivity (Wildman–Crippen MR) is 95.8 cm³/mol. The average Bonchev–Trinajstić information content (AvgIpc) is 2.88. The normalized spacial score (nSPS) is 11.1. The summed E-state index contributed by atoms with van der Waals surface area (Å²) in [6, 6.07) is 11.8. The number of amides is 1. The molecule has 0 aliphatic heterocycles. The minimum atomic E-state index is -0.0650. The highest BCUT2D eigenvalue weighted by Gasteiger charge is 2.09. The first kappa shape index (κ1) is 15.7. The summed E-state index contributed by atoms with van der Waals surface area (Å²) in [5.74, 6) is 0.418. The van der Waals surface area contributed by atoms with Crippen LogP contribution in [-0.2, 0) is 11.2 Å². The molecule has 0 unspecified atom stereocenters. The molecule has 2 aromatic heterocycles. The van der Waals surface area contributed by atoms with Gasteiger partial charge in [-0.15, -0.1) is 0 Å². The van der Waals surface area contributed by atoms with Gasteiger partial charge in [-0.05, 0) is 51.7 Å². The Morgan fingerprint density at radius 2 is 1.91 bits per heavy atom. The lowest BCUT2D eigenvalue weighted by atomic mass is 10.0. The average molecular weight is 372 g/mol. The van der Waals surface area contributed by atoms with Crippen molar-refractivity contribution in [2.75, 3.05) is 5.32 Å². The van der Waals surface area contributed by atoms with Gasteiger partial charge in [0.2, 0.25) is 5.91 Å². The summed E-state index contributed by atoms with van der Waals surface area (Å²) >= 11 is 3.42. The Bertz CT molecular complexity index is 837. The fourth-order valence-electron chi connectivity index (χ4n) is 2.42. The number of hydrogen-bond donors (Lipinski definition) is 1.